The van der Waals surface area contributed by atoms with Crippen molar-refractivity contribution >= 4 is 39.2 Å². The molecule has 32 heavy (non-hydrogen) atoms. The Labute approximate surface area is 191 Å². The third-order valence-electron chi connectivity index (χ3n) is 4.37. The highest BCUT2D eigenvalue weighted by atomic mass is 32.2. The van der Waals surface area contributed by atoms with Crippen LogP contribution in [0.3, 0.4) is 0 Å². The van der Waals surface area contributed by atoms with Crippen LogP contribution in [0.2, 0.25) is 0 Å². The quantitative estimate of drug-likeness (QED) is 0.480. The first-order chi connectivity index (χ1) is 15.3. The van der Waals surface area contributed by atoms with E-state index in [0.717, 1.165) is 5.69 Å². The van der Waals surface area contributed by atoms with E-state index in [-0.39, 0.29) is 16.6 Å². The van der Waals surface area contributed by atoms with Gasteiger partial charge in [0, 0.05) is 17.6 Å². The molecule has 2 aromatic heterocycles. The van der Waals surface area contributed by atoms with E-state index in [4.69, 9.17) is 0 Å². The zero-order valence-electron chi connectivity index (χ0n) is 17.4. The number of carbonyl (C=O) groups excluding carboxylic acids is 1. The molecule has 2 heterocycles. The normalized spacial score (nSPS) is 11.9. The molecule has 3 aromatic rings. The van der Waals surface area contributed by atoms with E-state index in [1.807, 2.05) is 13.8 Å². The number of sulfonamides is 1. The van der Waals surface area contributed by atoms with Crippen molar-refractivity contribution in [2.75, 3.05) is 10.0 Å². The van der Waals surface area contributed by atoms with Crippen molar-refractivity contribution in [2.24, 2.45) is 0 Å². The number of aromatic nitrogens is 2. The molecule has 0 aliphatic rings. The van der Waals surface area contributed by atoms with Crippen LogP contribution in [0.25, 0.3) is 0 Å². The maximum absolute atomic E-state index is 12.8. The van der Waals surface area contributed by atoms with Crippen LogP contribution >= 0.6 is 11.8 Å². The minimum Gasteiger partial charge on any atom is -0.325 e. The Morgan fingerprint density at radius 1 is 1.16 bits per heavy atom. The number of pyridine rings is 2. The number of anilines is 2. The molecule has 1 unspecified atom stereocenters. The van der Waals surface area contributed by atoms with Gasteiger partial charge in [-0.15, -0.1) is 0 Å². The number of nitrogens with zero attached hydrogens (tertiary/aromatic N) is 3. The summed E-state index contributed by atoms with van der Waals surface area (Å²) in [5, 5.41) is 12.1. The van der Waals surface area contributed by atoms with Gasteiger partial charge in [0.25, 0.3) is 10.0 Å². The summed E-state index contributed by atoms with van der Waals surface area (Å²) >= 11 is 1.23. The zero-order chi connectivity index (χ0) is 23.1. The van der Waals surface area contributed by atoms with Gasteiger partial charge in [-0.1, -0.05) is 24.8 Å². The summed E-state index contributed by atoms with van der Waals surface area (Å²) < 4.78 is 27.4. The number of amides is 1. The molecule has 1 atom stereocenters. The van der Waals surface area contributed by atoms with E-state index in [0.29, 0.717) is 22.7 Å². The minimum absolute atomic E-state index is 0.0465. The lowest BCUT2D eigenvalue weighted by molar-refractivity contribution is -0.115. The summed E-state index contributed by atoms with van der Waals surface area (Å²) in [6.07, 6.45) is 2.02. The lowest BCUT2D eigenvalue weighted by atomic mass is 10.2. The molecule has 1 amide bonds. The maximum Gasteiger partial charge on any atom is 0.263 e. The summed E-state index contributed by atoms with van der Waals surface area (Å²) in [6, 6.07) is 16.3. The summed E-state index contributed by atoms with van der Waals surface area (Å²) in [7, 11) is -3.80. The average Bonchev–Trinajstić information content (AvgIpc) is 2.78. The SMILES string of the molecule is CCC(Sc1nc(C)ccc1C#N)C(=O)Nc1ccc(S(=O)(=O)Nc2ccccn2)cc1. The van der Waals surface area contributed by atoms with Gasteiger partial charge >= 0.3 is 0 Å². The first-order valence-corrected chi connectivity index (χ1v) is 12.1. The van der Waals surface area contributed by atoms with E-state index in [9.17, 15) is 18.5 Å². The number of carbonyl (C=O) groups is 1. The Morgan fingerprint density at radius 3 is 2.53 bits per heavy atom. The fourth-order valence-electron chi connectivity index (χ4n) is 2.72. The fraction of sp³-hybridized carbons (Fsp3) is 0.182. The molecule has 8 nitrogen and oxygen atoms in total. The molecule has 0 aliphatic heterocycles. The van der Waals surface area contributed by atoms with Gasteiger partial charge in [-0.05, 0) is 61.9 Å². The van der Waals surface area contributed by atoms with Gasteiger partial charge in [-0.2, -0.15) is 5.26 Å². The van der Waals surface area contributed by atoms with Crippen LogP contribution in [0, 0.1) is 18.3 Å². The first-order valence-electron chi connectivity index (χ1n) is 9.71. The molecular formula is C22H21N5O3S2. The van der Waals surface area contributed by atoms with Crippen molar-refractivity contribution in [3.05, 3.63) is 72.1 Å². The molecule has 0 aliphatic carbocycles. The Hall–Kier alpha value is -3.42. The first kappa shape index (κ1) is 23.2. The molecular weight excluding hydrogens is 446 g/mol. The van der Waals surface area contributed by atoms with Gasteiger partial charge in [0.05, 0.1) is 15.7 Å². The van der Waals surface area contributed by atoms with Crippen molar-refractivity contribution < 1.29 is 13.2 Å². The predicted molar refractivity (Wildman–Crippen MR) is 124 cm³/mol. The predicted octanol–water partition coefficient (Wildman–Crippen LogP) is 3.97. The number of nitriles is 1. The van der Waals surface area contributed by atoms with E-state index >= 15 is 0 Å². The largest absolute Gasteiger partial charge is 0.325 e. The van der Waals surface area contributed by atoms with Crippen molar-refractivity contribution in [1.29, 1.82) is 5.26 Å². The van der Waals surface area contributed by atoms with Gasteiger partial charge in [0.2, 0.25) is 5.91 Å². The summed E-state index contributed by atoms with van der Waals surface area (Å²) in [5.41, 5.74) is 1.64. The highest BCUT2D eigenvalue weighted by Gasteiger charge is 2.21. The van der Waals surface area contributed by atoms with Gasteiger partial charge in [0.15, 0.2) is 0 Å². The summed E-state index contributed by atoms with van der Waals surface area (Å²) in [6.45, 7) is 3.70. The second-order valence-corrected chi connectivity index (χ2v) is 9.64. The Balaban J connectivity index is 1.69. The molecule has 10 heteroatoms. The molecule has 0 spiro atoms. The molecule has 0 radical (unpaired) electrons. The maximum atomic E-state index is 12.8. The minimum atomic E-state index is -3.80. The number of benzene rings is 1. The Morgan fingerprint density at radius 2 is 1.91 bits per heavy atom. The summed E-state index contributed by atoms with van der Waals surface area (Å²) in [5.74, 6) is -0.0406. The lowest BCUT2D eigenvalue weighted by Gasteiger charge is -2.15. The van der Waals surface area contributed by atoms with Crippen LogP contribution in [-0.4, -0.2) is 29.5 Å². The van der Waals surface area contributed by atoms with Crippen molar-refractivity contribution in [2.45, 2.75) is 35.4 Å². The van der Waals surface area contributed by atoms with Crippen molar-refractivity contribution in [1.82, 2.24) is 9.97 Å². The van der Waals surface area contributed by atoms with Crippen molar-refractivity contribution in [3.8, 4) is 6.07 Å². The van der Waals surface area contributed by atoms with Crippen LogP contribution < -0.4 is 10.0 Å². The third kappa shape index (κ3) is 5.84. The van der Waals surface area contributed by atoms with Crippen LogP contribution in [0.4, 0.5) is 11.5 Å². The number of nitrogens with one attached hydrogen (secondary N) is 2. The average molecular weight is 468 g/mol. The second-order valence-electron chi connectivity index (χ2n) is 6.77. The summed E-state index contributed by atoms with van der Waals surface area (Å²) in [4.78, 5) is 21.1. The Kier molecular flexibility index (Phi) is 7.45. The standard InChI is InChI=1S/C22H21N5O3S2/c1-3-19(31-22-16(14-23)8-7-15(2)25-22)21(28)26-17-9-11-18(12-10-17)32(29,30)27-20-6-4-5-13-24-20/h4-13,19H,3H2,1-2H3,(H,24,27)(H,26,28). The molecule has 2 N–H and O–H groups in total. The van der Waals surface area contributed by atoms with Crippen molar-refractivity contribution in [3.63, 3.8) is 0 Å². The number of hydrogen-bond acceptors (Lipinski definition) is 7. The molecule has 164 valence electrons. The topological polar surface area (TPSA) is 125 Å². The number of rotatable bonds is 8. The van der Waals surface area contributed by atoms with Gasteiger partial charge in [-0.3, -0.25) is 9.52 Å². The van der Waals surface area contributed by atoms with Crippen LogP contribution in [0.5, 0.6) is 0 Å². The smallest absolute Gasteiger partial charge is 0.263 e. The third-order valence-corrected chi connectivity index (χ3v) is 7.11. The highest BCUT2D eigenvalue weighted by molar-refractivity contribution is 8.00. The van der Waals surface area contributed by atoms with Gasteiger partial charge in [-0.25, -0.2) is 18.4 Å². The lowest BCUT2D eigenvalue weighted by Crippen LogP contribution is -2.25. The van der Waals surface area contributed by atoms with E-state index in [1.54, 1.807) is 30.3 Å². The van der Waals surface area contributed by atoms with Crippen LogP contribution in [0.15, 0.2) is 70.7 Å². The molecule has 0 saturated carbocycles. The molecule has 0 fully saturated rings. The molecule has 3 rings (SSSR count). The molecule has 1 aromatic carbocycles. The number of aryl methyl sites for hydroxylation is 1. The number of thioether (sulfide) groups is 1. The second kappa shape index (κ2) is 10.3. The highest BCUT2D eigenvalue weighted by Crippen LogP contribution is 2.28. The Bertz CT molecular complexity index is 1240. The molecule has 0 bridgehead atoms. The van der Waals surface area contributed by atoms with E-state index in [2.05, 4.69) is 26.1 Å². The molecule has 0 saturated heterocycles. The van der Waals surface area contributed by atoms with Gasteiger partial charge in [0.1, 0.15) is 16.9 Å². The van der Waals surface area contributed by atoms with E-state index in [1.165, 1.54) is 42.2 Å². The van der Waals surface area contributed by atoms with Crippen LogP contribution in [-0.2, 0) is 14.8 Å². The zero-order valence-corrected chi connectivity index (χ0v) is 19.1. The number of hydrogen-bond donors (Lipinski definition) is 2. The van der Waals surface area contributed by atoms with E-state index < -0.39 is 15.3 Å². The van der Waals surface area contributed by atoms with Gasteiger partial charge < -0.3 is 5.32 Å². The monoisotopic (exact) mass is 467 g/mol. The fourth-order valence-corrected chi connectivity index (χ4v) is 4.77. The van der Waals surface area contributed by atoms with Crippen LogP contribution in [0.1, 0.15) is 24.6 Å².